The number of aromatic nitrogens is 4. The third kappa shape index (κ3) is 4.35. The van der Waals surface area contributed by atoms with Gasteiger partial charge in [0.05, 0.1) is 36.5 Å². The molecule has 2 saturated heterocycles. The molecule has 36 heavy (non-hydrogen) atoms. The van der Waals surface area contributed by atoms with Crippen LogP contribution in [0.1, 0.15) is 24.7 Å². The zero-order chi connectivity index (χ0) is 24.5. The van der Waals surface area contributed by atoms with Gasteiger partial charge in [0, 0.05) is 50.3 Å². The van der Waals surface area contributed by atoms with Gasteiger partial charge >= 0.3 is 0 Å². The number of hydrogen-bond donors (Lipinski definition) is 0. The first-order valence-electron chi connectivity index (χ1n) is 12.2. The van der Waals surface area contributed by atoms with E-state index in [0.717, 1.165) is 22.3 Å². The van der Waals surface area contributed by atoms with Crippen molar-refractivity contribution in [3.8, 4) is 11.4 Å². The van der Waals surface area contributed by atoms with Crippen molar-refractivity contribution in [2.75, 3.05) is 37.7 Å². The van der Waals surface area contributed by atoms with Crippen LogP contribution in [0.15, 0.2) is 59.4 Å². The summed E-state index contributed by atoms with van der Waals surface area (Å²) < 4.78 is 12.9. The summed E-state index contributed by atoms with van der Waals surface area (Å²) >= 11 is 0. The highest BCUT2D eigenvalue weighted by atomic mass is 16.5. The van der Waals surface area contributed by atoms with E-state index in [0.29, 0.717) is 63.9 Å². The number of nitrogens with zero attached hydrogens (tertiary/aromatic N) is 6. The van der Waals surface area contributed by atoms with Crippen LogP contribution in [-0.2, 0) is 20.9 Å². The number of benzene rings is 2. The minimum absolute atomic E-state index is 0.0463. The topological polar surface area (TPSA) is 107 Å². The second-order valence-electron chi connectivity index (χ2n) is 9.08. The van der Waals surface area contributed by atoms with Gasteiger partial charge in [-0.05, 0) is 30.3 Å². The first kappa shape index (κ1) is 22.4. The van der Waals surface area contributed by atoms with E-state index in [9.17, 15) is 9.59 Å². The molecule has 2 aliphatic heterocycles. The largest absolute Gasteiger partial charge is 0.378 e. The summed E-state index contributed by atoms with van der Waals surface area (Å²) in [6.45, 7) is 3.58. The highest BCUT2D eigenvalue weighted by Gasteiger charge is 2.35. The number of carbonyl (C=O) groups is 2. The number of imidazole rings is 1. The number of amides is 2. The number of hydrogen-bond acceptors (Lipinski definition) is 7. The number of rotatable bonds is 6. The third-order valence-electron chi connectivity index (χ3n) is 6.79. The number of ether oxygens (including phenoxy) is 1. The Hall–Kier alpha value is -4.05. The number of morpholine rings is 1. The van der Waals surface area contributed by atoms with E-state index < -0.39 is 0 Å². The van der Waals surface area contributed by atoms with Crippen LogP contribution in [0.25, 0.3) is 22.4 Å². The molecule has 0 aliphatic carbocycles. The lowest BCUT2D eigenvalue weighted by Gasteiger charge is -2.26. The smallest absolute Gasteiger partial charge is 0.232 e. The van der Waals surface area contributed by atoms with E-state index in [2.05, 4.69) is 15.1 Å². The van der Waals surface area contributed by atoms with Crippen LogP contribution in [0, 0.1) is 0 Å². The Bertz CT molecular complexity index is 1390. The van der Waals surface area contributed by atoms with Gasteiger partial charge in [0.15, 0.2) is 0 Å². The van der Waals surface area contributed by atoms with Gasteiger partial charge in [-0.15, -0.1) is 0 Å². The Labute approximate surface area is 207 Å². The maximum absolute atomic E-state index is 12.6. The van der Waals surface area contributed by atoms with Crippen LogP contribution in [0.5, 0.6) is 0 Å². The van der Waals surface area contributed by atoms with Crippen molar-refractivity contribution in [2.45, 2.75) is 25.3 Å². The van der Waals surface area contributed by atoms with Gasteiger partial charge in [-0.25, -0.2) is 4.98 Å². The summed E-state index contributed by atoms with van der Waals surface area (Å²) in [6.07, 6.45) is 2.51. The molecule has 1 atom stereocenters. The molecule has 2 aliphatic rings. The molecule has 0 saturated carbocycles. The summed E-state index contributed by atoms with van der Waals surface area (Å²) in [7, 11) is 0. The SMILES string of the molecule is O=C(CCn1cnc2cc(-c3noc([C@@H]4CC(=O)N(c5ccccc5)C4)n3)ccc21)N1CCOCC1. The van der Waals surface area contributed by atoms with Crippen molar-refractivity contribution in [3.05, 3.63) is 60.7 Å². The van der Waals surface area contributed by atoms with E-state index in [-0.39, 0.29) is 17.7 Å². The second-order valence-corrected chi connectivity index (χ2v) is 9.08. The zero-order valence-corrected chi connectivity index (χ0v) is 19.7. The summed E-state index contributed by atoms with van der Waals surface area (Å²) in [5.41, 5.74) is 3.40. The second kappa shape index (κ2) is 9.54. The maximum Gasteiger partial charge on any atom is 0.232 e. The van der Waals surface area contributed by atoms with Gasteiger partial charge in [0.25, 0.3) is 0 Å². The highest BCUT2D eigenvalue weighted by Crippen LogP contribution is 2.32. The van der Waals surface area contributed by atoms with Crippen LogP contribution >= 0.6 is 0 Å². The van der Waals surface area contributed by atoms with Crippen molar-refractivity contribution in [1.82, 2.24) is 24.6 Å². The lowest BCUT2D eigenvalue weighted by Crippen LogP contribution is -2.40. The summed E-state index contributed by atoms with van der Waals surface area (Å²) in [4.78, 5) is 37.8. The van der Waals surface area contributed by atoms with Gasteiger partial charge in [0.2, 0.25) is 23.5 Å². The standard InChI is InChI=1S/C26H26N6O4/c33-23(30-10-12-35-13-11-30)8-9-31-17-27-21-14-18(6-7-22(21)31)25-28-26(36-29-25)19-15-24(34)32(16-19)20-4-2-1-3-5-20/h1-7,14,17,19H,8-13,15-16H2/t19-/m1/s1. The summed E-state index contributed by atoms with van der Waals surface area (Å²) in [5.74, 6) is 0.960. The predicted molar refractivity (Wildman–Crippen MR) is 131 cm³/mol. The van der Waals surface area contributed by atoms with E-state index in [1.54, 1.807) is 11.2 Å². The first-order valence-corrected chi connectivity index (χ1v) is 12.2. The molecule has 0 spiro atoms. The van der Waals surface area contributed by atoms with Gasteiger partial charge in [-0.1, -0.05) is 23.4 Å². The first-order chi connectivity index (χ1) is 17.7. The Morgan fingerprint density at radius 2 is 1.92 bits per heavy atom. The number of fused-ring (bicyclic) bond motifs is 1. The summed E-state index contributed by atoms with van der Waals surface area (Å²) in [5, 5.41) is 4.17. The van der Waals surface area contributed by atoms with Crippen molar-refractivity contribution in [2.24, 2.45) is 0 Å². The molecule has 184 valence electrons. The Kier molecular flexibility index (Phi) is 5.94. The average Bonchev–Trinajstić information content (AvgIpc) is 3.66. The fraction of sp³-hybridized carbons (Fsp3) is 0.346. The lowest BCUT2D eigenvalue weighted by atomic mass is 10.1. The molecule has 0 bridgehead atoms. The third-order valence-corrected chi connectivity index (χ3v) is 6.79. The minimum Gasteiger partial charge on any atom is -0.378 e. The number of aryl methyl sites for hydroxylation is 1. The number of para-hydroxylation sites is 1. The quantitative estimate of drug-likeness (QED) is 0.413. The molecule has 6 rings (SSSR count). The molecule has 4 aromatic rings. The molecule has 10 heteroatoms. The van der Waals surface area contributed by atoms with Gasteiger partial charge in [-0.3, -0.25) is 9.59 Å². The van der Waals surface area contributed by atoms with Crippen LogP contribution in [0.4, 0.5) is 5.69 Å². The monoisotopic (exact) mass is 486 g/mol. The van der Waals surface area contributed by atoms with Gasteiger partial charge < -0.3 is 23.6 Å². The molecule has 4 heterocycles. The molecule has 2 aromatic carbocycles. The molecular weight excluding hydrogens is 460 g/mol. The van der Waals surface area contributed by atoms with E-state index >= 15 is 0 Å². The predicted octanol–water partition coefficient (Wildman–Crippen LogP) is 2.86. The Morgan fingerprint density at radius 3 is 2.75 bits per heavy atom. The summed E-state index contributed by atoms with van der Waals surface area (Å²) in [6, 6.07) is 15.4. The van der Waals surface area contributed by atoms with Crippen molar-refractivity contribution in [1.29, 1.82) is 0 Å². The van der Waals surface area contributed by atoms with E-state index in [4.69, 9.17) is 9.26 Å². The van der Waals surface area contributed by atoms with E-state index in [1.165, 1.54) is 0 Å². The van der Waals surface area contributed by atoms with Crippen LogP contribution < -0.4 is 4.90 Å². The molecule has 0 N–H and O–H groups in total. The van der Waals surface area contributed by atoms with Crippen molar-refractivity contribution >= 4 is 28.5 Å². The Morgan fingerprint density at radius 1 is 1.08 bits per heavy atom. The molecular formula is C26H26N6O4. The van der Waals surface area contributed by atoms with Crippen molar-refractivity contribution in [3.63, 3.8) is 0 Å². The average molecular weight is 487 g/mol. The van der Waals surface area contributed by atoms with Crippen LogP contribution in [0.2, 0.25) is 0 Å². The van der Waals surface area contributed by atoms with Gasteiger partial charge in [0.1, 0.15) is 0 Å². The van der Waals surface area contributed by atoms with Crippen LogP contribution in [-0.4, -0.2) is 69.3 Å². The molecule has 2 amide bonds. The molecule has 0 unspecified atom stereocenters. The van der Waals surface area contributed by atoms with E-state index in [1.807, 2.05) is 58.0 Å². The fourth-order valence-electron chi connectivity index (χ4n) is 4.82. The zero-order valence-electron chi connectivity index (χ0n) is 19.7. The molecule has 2 fully saturated rings. The maximum atomic E-state index is 12.6. The lowest BCUT2D eigenvalue weighted by molar-refractivity contribution is -0.135. The highest BCUT2D eigenvalue weighted by molar-refractivity contribution is 5.96. The molecule has 10 nitrogen and oxygen atoms in total. The minimum atomic E-state index is -0.147. The van der Waals surface area contributed by atoms with Crippen molar-refractivity contribution < 1.29 is 18.8 Å². The number of anilines is 1. The molecule has 2 aromatic heterocycles. The number of carbonyl (C=O) groups excluding carboxylic acids is 2. The molecule has 0 radical (unpaired) electrons. The van der Waals surface area contributed by atoms with Crippen LogP contribution in [0.3, 0.4) is 0 Å². The normalized spacial score (nSPS) is 18.3. The Balaban J connectivity index is 1.14. The fourth-order valence-corrected chi connectivity index (χ4v) is 4.82. The van der Waals surface area contributed by atoms with Gasteiger partial charge in [-0.2, -0.15) is 4.98 Å².